The van der Waals surface area contributed by atoms with E-state index in [-0.39, 0.29) is 23.3 Å². The fourth-order valence-electron chi connectivity index (χ4n) is 5.65. The van der Waals surface area contributed by atoms with Gasteiger partial charge in [0.05, 0.1) is 17.2 Å². The molecule has 0 radical (unpaired) electrons. The summed E-state index contributed by atoms with van der Waals surface area (Å²) in [5.74, 6) is 0.869. The number of benzene rings is 4. The first-order chi connectivity index (χ1) is 20.4. The maximum atomic E-state index is 13.6. The van der Waals surface area contributed by atoms with E-state index in [1.807, 2.05) is 48.5 Å². The predicted molar refractivity (Wildman–Crippen MR) is 172 cm³/mol. The summed E-state index contributed by atoms with van der Waals surface area (Å²) in [6.45, 7) is 4.18. The van der Waals surface area contributed by atoms with Gasteiger partial charge in [0.15, 0.2) is 0 Å². The van der Waals surface area contributed by atoms with E-state index in [2.05, 4.69) is 46.2 Å². The Balaban J connectivity index is 0.00000423. The van der Waals surface area contributed by atoms with E-state index in [9.17, 15) is 13.2 Å². The third kappa shape index (κ3) is 8.91. The zero-order valence-electron chi connectivity index (χ0n) is 24.0. The first-order valence-electron chi connectivity index (χ1n) is 14.5. The van der Waals surface area contributed by atoms with Crippen molar-refractivity contribution in [3.05, 3.63) is 130 Å². The minimum Gasteiger partial charge on any atom is -0.493 e. The topological polar surface area (TPSA) is 15.7 Å². The molecule has 0 atom stereocenters. The average molecular weight is 630 g/mol. The maximum Gasteiger partial charge on any atom is 0.417 e. The van der Waals surface area contributed by atoms with Crippen LogP contribution in [-0.4, -0.2) is 37.7 Å². The molecule has 1 saturated heterocycles. The van der Waals surface area contributed by atoms with E-state index in [1.165, 1.54) is 24.6 Å². The van der Waals surface area contributed by atoms with Gasteiger partial charge >= 0.3 is 6.18 Å². The van der Waals surface area contributed by atoms with E-state index >= 15 is 0 Å². The molecular weight excluding hydrogens is 592 g/mol. The van der Waals surface area contributed by atoms with Crippen LogP contribution in [0.1, 0.15) is 47.4 Å². The second-order valence-electron chi connectivity index (χ2n) is 10.8. The van der Waals surface area contributed by atoms with E-state index in [4.69, 9.17) is 16.3 Å². The number of hydrogen-bond acceptors (Lipinski definition) is 3. The van der Waals surface area contributed by atoms with Gasteiger partial charge in [-0.15, -0.1) is 12.4 Å². The van der Waals surface area contributed by atoms with Crippen LogP contribution in [-0.2, 0) is 12.7 Å². The van der Waals surface area contributed by atoms with Crippen molar-refractivity contribution in [1.82, 2.24) is 4.90 Å². The molecular formula is C35H37Cl2F3N2O. The van der Waals surface area contributed by atoms with Crippen LogP contribution in [0.5, 0.6) is 5.75 Å². The van der Waals surface area contributed by atoms with Crippen molar-refractivity contribution >= 4 is 29.7 Å². The molecule has 0 spiro atoms. The monoisotopic (exact) mass is 628 g/mol. The van der Waals surface area contributed by atoms with E-state index in [1.54, 1.807) is 6.07 Å². The van der Waals surface area contributed by atoms with Crippen LogP contribution in [0, 0.1) is 0 Å². The van der Waals surface area contributed by atoms with Crippen molar-refractivity contribution in [1.29, 1.82) is 0 Å². The highest BCUT2D eigenvalue weighted by molar-refractivity contribution is 6.32. The fraction of sp³-hybridized carbons (Fsp3) is 0.314. The zero-order valence-corrected chi connectivity index (χ0v) is 25.6. The number of ether oxygens (including phenoxy) is 1. The quantitative estimate of drug-likeness (QED) is 0.145. The van der Waals surface area contributed by atoms with Gasteiger partial charge in [-0.05, 0) is 54.2 Å². The molecule has 0 amide bonds. The first kappa shape index (κ1) is 32.7. The second kappa shape index (κ2) is 15.5. The summed E-state index contributed by atoms with van der Waals surface area (Å²) >= 11 is 6.34. The molecule has 5 rings (SSSR count). The van der Waals surface area contributed by atoms with Gasteiger partial charge in [0.2, 0.25) is 0 Å². The second-order valence-corrected chi connectivity index (χ2v) is 11.2. The summed E-state index contributed by atoms with van der Waals surface area (Å²) in [5.41, 5.74) is 3.15. The third-order valence-electron chi connectivity index (χ3n) is 7.80. The number of halogens is 5. The van der Waals surface area contributed by atoms with Gasteiger partial charge in [-0.2, -0.15) is 13.2 Å². The lowest BCUT2D eigenvalue weighted by atomic mass is 9.90. The van der Waals surface area contributed by atoms with Gasteiger partial charge in [0, 0.05) is 50.4 Å². The van der Waals surface area contributed by atoms with Gasteiger partial charge in [0.25, 0.3) is 0 Å². The highest BCUT2D eigenvalue weighted by Gasteiger charge is 2.34. The van der Waals surface area contributed by atoms with Crippen molar-refractivity contribution in [2.24, 2.45) is 0 Å². The van der Waals surface area contributed by atoms with Crippen LogP contribution < -0.4 is 9.64 Å². The van der Waals surface area contributed by atoms with E-state index < -0.39 is 11.7 Å². The van der Waals surface area contributed by atoms with E-state index in [0.29, 0.717) is 38.2 Å². The zero-order chi connectivity index (χ0) is 29.4. The summed E-state index contributed by atoms with van der Waals surface area (Å²) in [4.78, 5) is 4.57. The number of alkyl halides is 3. The summed E-state index contributed by atoms with van der Waals surface area (Å²) in [7, 11) is 0. The van der Waals surface area contributed by atoms with Crippen molar-refractivity contribution in [2.45, 2.75) is 37.9 Å². The molecule has 1 aliphatic heterocycles. The fourth-order valence-corrected chi connectivity index (χ4v) is 5.95. The Morgan fingerprint density at radius 3 is 2.07 bits per heavy atom. The molecule has 8 heteroatoms. The largest absolute Gasteiger partial charge is 0.493 e. The summed E-state index contributed by atoms with van der Waals surface area (Å²) in [5, 5.41) is -0.235. The molecule has 0 aliphatic carbocycles. The van der Waals surface area contributed by atoms with Gasteiger partial charge in [-0.25, -0.2) is 0 Å². The molecule has 1 aliphatic rings. The molecule has 0 unspecified atom stereocenters. The van der Waals surface area contributed by atoms with Crippen molar-refractivity contribution in [3.63, 3.8) is 0 Å². The molecule has 0 N–H and O–H groups in total. The normalized spacial score (nSPS) is 13.4. The minimum atomic E-state index is -4.51. The Bertz CT molecular complexity index is 1370. The third-order valence-corrected chi connectivity index (χ3v) is 8.25. The molecule has 0 aromatic heterocycles. The summed E-state index contributed by atoms with van der Waals surface area (Å²) < 4.78 is 47.1. The van der Waals surface area contributed by atoms with Crippen molar-refractivity contribution < 1.29 is 17.9 Å². The molecule has 0 bridgehead atoms. The Morgan fingerprint density at radius 2 is 1.44 bits per heavy atom. The summed E-state index contributed by atoms with van der Waals surface area (Å²) in [6.07, 6.45) is -1.37. The Hall–Kier alpha value is -3.19. The Morgan fingerprint density at radius 1 is 0.814 bits per heavy atom. The van der Waals surface area contributed by atoms with Gasteiger partial charge in [-0.3, -0.25) is 4.90 Å². The molecule has 228 valence electrons. The number of anilines is 1. The van der Waals surface area contributed by atoms with Crippen LogP contribution in [0.4, 0.5) is 18.9 Å². The Labute approximate surface area is 263 Å². The molecule has 43 heavy (non-hydrogen) atoms. The van der Waals surface area contributed by atoms with Gasteiger partial charge < -0.3 is 9.64 Å². The number of hydrogen-bond donors (Lipinski definition) is 0. The molecule has 3 nitrogen and oxygen atoms in total. The van der Waals surface area contributed by atoms with Crippen LogP contribution in [0.25, 0.3) is 0 Å². The molecule has 4 aromatic carbocycles. The summed E-state index contributed by atoms with van der Waals surface area (Å²) in [6, 6.07) is 32.8. The highest BCUT2D eigenvalue weighted by atomic mass is 35.5. The molecule has 0 saturated carbocycles. The van der Waals surface area contributed by atoms with E-state index in [0.717, 1.165) is 36.0 Å². The van der Waals surface area contributed by atoms with Crippen molar-refractivity contribution in [3.8, 4) is 5.75 Å². The molecule has 1 fully saturated rings. The highest BCUT2D eigenvalue weighted by Crippen LogP contribution is 2.37. The number of nitrogens with zero attached hydrogens (tertiary/aromatic N) is 2. The molecule has 1 heterocycles. The number of rotatable bonds is 12. The van der Waals surface area contributed by atoms with Gasteiger partial charge in [0.1, 0.15) is 5.75 Å². The lowest BCUT2D eigenvalue weighted by Gasteiger charge is -2.29. The van der Waals surface area contributed by atoms with Crippen LogP contribution in [0.2, 0.25) is 5.02 Å². The lowest BCUT2D eigenvalue weighted by Crippen LogP contribution is -2.31. The minimum absolute atomic E-state index is 0. The SMILES string of the molecule is Cl.FC(F)(F)c1cccc(CN(CCCOc2cccc(N3CCCC3)c2)CC(c2ccccc2)c2ccccc2)c1Cl. The maximum absolute atomic E-state index is 13.6. The lowest BCUT2D eigenvalue weighted by molar-refractivity contribution is -0.137. The Kier molecular flexibility index (Phi) is 11.8. The van der Waals surface area contributed by atoms with Crippen LogP contribution in [0.3, 0.4) is 0 Å². The average Bonchev–Trinajstić information content (AvgIpc) is 3.55. The first-order valence-corrected chi connectivity index (χ1v) is 14.9. The van der Waals surface area contributed by atoms with Crippen LogP contribution in [0.15, 0.2) is 103 Å². The standard InChI is InChI=1S/C35H36ClF3N2O.ClH/c36-34-29(16-9-19-33(34)35(37,38)39)25-40(26-32(27-12-3-1-4-13-27)28-14-5-2-6-15-28)20-11-23-42-31-18-10-17-30(24-31)41-21-7-8-22-41;/h1-6,9-10,12-19,24,32H,7-8,11,20-23,25-26H2;1H. The van der Waals surface area contributed by atoms with Crippen LogP contribution >= 0.6 is 24.0 Å². The smallest absolute Gasteiger partial charge is 0.417 e. The van der Waals surface area contributed by atoms with Gasteiger partial charge in [-0.1, -0.05) is 90.5 Å². The van der Waals surface area contributed by atoms with Crippen molar-refractivity contribution in [2.75, 3.05) is 37.7 Å². The predicted octanol–water partition coefficient (Wildman–Crippen LogP) is 9.48. The molecule has 4 aromatic rings.